The van der Waals surface area contributed by atoms with Gasteiger partial charge in [-0.3, -0.25) is 24.6 Å². The minimum atomic E-state index is -1.06. The zero-order valence-corrected chi connectivity index (χ0v) is 34.4. The van der Waals surface area contributed by atoms with Crippen molar-refractivity contribution in [2.45, 2.75) is 70.1 Å². The zero-order chi connectivity index (χ0) is 42.3. The van der Waals surface area contributed by atoms with Crippen LogP contribution < -0.4 is 31.3 Å². The topological polar surface area (TPSA) is 166 Å². The Balaban J connectivity index is 0.785. The molecule has 1 unspecified atom stereocenters. The van der Waals surface area contributed by atoms with Crippen LogP contribution in [0.4, 0.5) is 33.1 Å². The number of piperidine rings is 2. The van der Waals surface area contributed by atoms with Crippen LogP contribution in [-0.4, -0.2) is 98.0 Å². The molecule has 6 heterocycles. The summed E-state index contributed by atoms with van der Waals surface area (Å²) < 4.78 is 18.5. The first-order valence-corrected chi connectivity index (χ1v) is 21.3. The summed E-state index contributed by atoms with van der Waals surface area (Å²) in [5.41, 5.74) is 3.81. The third kappa shape index (κ3) is 8.33. The number of imide groups is 1. The van der Waals surface area contributed by atoms with Gasteiger partial charge in [-0.25, -0.2) is 23.7 Å². The highest BCUT2D eigenvalue weighted by molar-refractivity contribution is 6.01. The Hall–Kier alpha value is -6.13. The summed E-state index contributed by atoms with van der Waals surface area (Å²) in [7, 11) is 0. The highest BCUT2D eigenvalue weighted by Crippen LogP contribution is 2.35. The number of aromatic nitrogens is 5. The van der Waals surface area contributed by atoms with E-state index < -0.39 is 11.6 Å². The Bertz CT molecular complexity index is 2520. The number of halogens is 1. The molecule has 318 valence electrons. The summed E-state index contributed by atoms with van der Waals surface area (Å²) in [6.45, 7) is 12.3. The number of hydrogen-bond acceptors (Lipinski definition) is 12. The monoisotopic (exact) mass is 829 g/mol. The first kappa shape index (κ1) is 40.3. The second-order valence-electron chi connectivity index (χ2n) is 16.9. The Morgan fingerprint density at radius 3 is 2.44 bits per heavy atom. The Kier molecular flexibility index (Phi) is 11.0. The molecule has 4 N–H and O–H groups in total. The van der Waals surface area contributed by atoms with Gasteiger partial charge < -0.3 is 25.5 Å². The molecule has 0 bridgehead atoms. The smallest absolute Gasteiger partial charge is 0.278 e. The molecule has 2 amide bonds. The summed E-state index contributed by atoms with van der Waals surface area (Å²) in [6.07, 6.45) is 8.19. The highest BCUT2D eigenvalue weighted by atomic mass is 19.1. The largest absolute Gasteiger partial charge is 0.384 e. The minimum Gasteiger partial charge on any atom is -0.384 e. The van der Waals surface area contributed by atoms with E-state index in [1.54, 1.807) is 36.0 Å². The van der Waals surface area contributed by atoms with Gasteiger partial charge in [0, 0.05) is 75.5 Å². The quantitative estimate of drug-likeness (QED) is 0.106. The first-order chi connectivity index (χ1) is 29.5. The molecule has 16 heteroatoms. The van der Waals surface area contributed by atoms with E-state index in [1.807, 2.05) is 24.3 Å². The third-order valence-electron chi connectivity index (χ3n) is 12.6. The summed E-state index contributed by atoms with van der Waals surface area (Å²) in [6, 6.07) is 16.5. The number of carbonyl (C=O) groups is 2. The van der Waals surface area contributed by atoms with Crippen LogP contribution in [0.3, 0.4) is 0 Å². The van der Waals surface area contributed by atoms with Crippen LogP contribution in [-0.2, 0) is 28.2 Å². The molecule has 9 rings (SSSR count). The van der Waals surface area contributed by atoms with Crippen LogP contribution in [0.15, 0.2) is 78.2 Å². The molecule has 4 aliphatic rings. The van der Waals surface area contributed by atoms with Gasteiger partial charge in [-0.1, -0.05) is 12.1 Å². The van der Waals surface area contributed by atoms with Crippen LogP contribution >= 0.6 is 0 Å². The summed E-state index contributed by atoms with van der Waals surface area (Å²) >= 11 is 0. The number of allylic oxidation sites excluding steroid dienone is 1. The Morgan fingerprint density at radius 2 is 1.70 bits per heavy atom. The standard InChI is InChI=1S/C45H52FN11O4/c1-3-19-56-43(60)34-27-47-44(52-41(34)57(56)38-14-6-30-5-4-18-45(2,61)40(30)50-38)49-31-7-10-33(11-8-31)54-24-22-53(23-25-54)28-29-16-20-55(21-17-29)37-13-9-32(26-35(37)46)48-36-12-15-39(58)51-42(36)59/h3,6-11,13-14,26-27,29,36,48,61H,1,4-5,12,15-25,28H2,2H3,(H,47,49,52)(H,51,58,59)/t36?,45-/m0/s1. The molecule has 0 saturated carbocycles. The van der Waals surface area contributed by atoms with Crippen molar-refractivity contribution >= 4 is 51.5 Å². The molecule has 0 spiro atoms. The van der Waals surface area contributed by atoms with Crippen molar-refractivity contribution in [3.8, 4) is 5.82 Å². The zero-order valence-electron chi connectivity index (χ0n) is 34.4. The van der Waals surface area contributed by atoms with E-state index in [-0.39, 0.29) is 36.2 Å². The van der Waals surface area contributed by atoms with Gasteiger partial charge in [0.2, 0.25) is 17.8 Å². The number of anilines is 5. The number of aliphatic hydroxyl groups is 1. The van der Waals surface area contributed by atoms with Crippen LogP contribution in [0.5, 0.6) is 0 Å². The van der Waals surface area contributed by atoms with E-state index in [0.717, 1.165) is 88.4 Å². The van der Waals surface area contributed by atoms with Gasteiger partial charge in [-0.15, -0.1) is 6.58 Å². The Morgan fingerprint density at radius 1 is 0.934 bits per heavy atom. The van der Waals surface area contributed by atoms with Crippen LogP contribution in [0.2, 0.25) is 0 Å². The van der Waals surface area contributed by atoms with E-state index >= 15 is 4.39 Å². The summed E-state index contributed by atoms with van der Waals surface area (Å²) in [5.74, 6) is 0.416. The van der Waals surface area contributed by atoms with Gasteiger partial charge in [-0.05, 0) is 105 Å². The minimum absolute atomic E-state index is 0.248. The average Bonchev–Trinajstić information content (AvgIpc) is 3.52. The lowest BCUT2D eigenvalue weighted by Crippen LogP contribution is -2.49. The van der Waals surface area contributed by atoms with Crippen molar-refractivity contribution in [3.63, 3.8) is 0 Å². The molecule has 2 atom stereocenters. The first-order valence-electron chi connectivity index (χ1n) is 21.3. The molecule has 15 nitrogen and oxygen atoms in total. The van der Waals surface area contributed by atoms with Gasteiger partial charge in [0.05, 0.1) is 17.9 Å². The third-order valence-corrected chi connectivity index (χ3v) is 12.6. The number of aryl methyl sites for hydroxylation is 1. The maximum Gasteiger partial charge on any atom is 0.278 e. The SMILES string of the molecule is C=CCn1c(=O)c2cnc(Nc3ccc(N4CCN(CC5CCN(c6ccc(NC7CCC(=O)NC7=O)cc6F)CC5)CC4)cc3)nc2n1-c1ccc2c(n1)[C@@](C)(O)CCC2. The molecule has 2 aromatic carbocycles. The van der Waals surface area contributed by atoms with Gasteiger partial charge >= 0.3 is 0 Å². The number of hydrogen-bond donors (Lipinski definition) is 4. The number of piperazine rings is 1. The summed E-state index contributed by atoms with van der Waals surface area (Å²) in [5, 5.41) is 20.2. The average molecular weight is 830 g/mol. The normalized spacial score (nSPS) is 21.3. The number of benzene rings is 2. The highest BCUT2D eigenvalue weighted by Gasteiger charge is 2.33. The van der Waals surface area contributed by atoms with Crippen molar-refractivity contribution in [1.29, 1.82) is 0 Å². The fourth-order valence-electron chi connectivity index (χ4n) is 9.29. The van der Waals surface area contributed by atoms with Crippen LogP contribution in [0.25, 0.3) is 16.9 Å². The molecule has 3 fully saturated rings. The fourth-order valence-corrected chi connectivity index (χ4v) is 9.29. The maximum atomic E-state index is 15.2. The number of fused-ring (bicyclic) bond motifs is 2. The Labute approximate surface area is 353 Å². The molecule has 3 aliphatic heterocycles. The predicted octanol–water partition coefficient (Wildman–Crippen LogP) is 4.85. The maximum absolute atomic E-state index is 15.2. The van der Waals surface area contributed by atoms with Crippen molar-refractivity contribution in [2.75, 3.05) is 66.2 Å². The van der Waals surface area contributed by atoms with Gasteiger partial charge in [0.25, 0.3) is 5.56 Å². The number of pyridine rings is 1. The molecule has 61 heavy (non-hydrogen) atoms. The molecule has 3 saturated heterocycles. The lowest BCUT2D eigenvalue weighted by Gasteiger charge is -2.40. The van der Waals surface area contributed by atoms with Crippen molar-refractivity contribution in [1.82, 2.24) is 34.5 Å². The van der Waals surface area contributed by atoms with E-state index in [0.29, 0.717) is 58.6 Å². The molecular weight excluding hydrogens is 778 g/mol. The molecular formula is C45H52FN11O4. The number of carbonyl (C=O) groups excluding carboxylic acids is 2. The van der Waals surface area contributed by atoms with E-state index in [1.165, 1.54) is 10.7 Å². The van der Waals surface area contributed by atoms with Crippen LogP contribution in [0.1, 0.15) is 56.7 Å². The van der Waals surface area contributed by atoms with Crippen molar-refractivity contribution in [3.05, 3.63) is 101 Å². The predicted molar refractivity (Wildman–Crippen MR) is 233 cm³/mol. The second-order valence-corrected chi connectivity index (χ2v) is 16.9. The number of amides is 2. The molecule has 3 aromatic heterocycles. The lowest BCUT2D eigenvalue weighted by atomic mass is 9.84. The van der Waals surface area contributed by atoms with Crippen molar-refractivity contribution < 1.29 is 19.1 Å². The van der Waals surface area contributed by atoms with Gasteiger partial charge in [-0.2, -0.15) is 4.98 Å². The molecule has 0 radical (unpaired) electrons. The van der Waals surface area contributed by atoms with Gasteiger partial charge in [0.15, 0.2) is 11.5 Å². The van der Waals surface area contributed by atoms with Gasteiger partial charge in [0.1, 0.15) is 22.8 Å². The second kappa shape index (κ2) is 16.7. The van der Waals surface area contributed by atoms with E-state index in [2.05, 4.69) is 54.3 Å². The number of nitrogens with zero attached hydrogens (tertiary/aromatic N) is 8. The van der Waals surface area contributed by atoms with Crippen LogP contribution in [0, 0.1) is 11.7 Å². The van der Waals surface area contributed by atoms with Crippen molar-refractivity contribution in [2.24, 2.45) is 5.92 Å². The van der Waals surface area contributed by atoms with E-state index in [4.69, 9.17) is 9.97 Å². The molecule has 5 aromatic rings. The number of nitrogens with one attached hydrogen (secondary N) is 3. The lowest BCUT2D eigenvalue weighted by molar-refractivity contribution is -0.133. The number of rotatable bonds is 11. The fraction of sp³-hybridized carbons (Fsp3) is 0.422. The summed E-state index contributed by atoms with van der Waals surface area (Å²) in [4.78, 5) is 58.3. The molecule has 1 aliphatic carbocycles. The van der Waals surface area contributed by atoms with E-state index in [9.17, 15) is 19.5 Å².